The Kier molecular flexibility index (Phi) is 40.5. The van der Waals surface area contributed by atoms with Gasteiger partial charge in [-0.15, -0.1) is 23.5 Å². The lowest BCUT2D eigenvalue weighted by Gasteiger charge is -2.37. The molecule has 134 heavy (non-hydrogen) atoms. The summed E-state index contributed by atoms with van der Waals surface area (Å²) in [5.74, 6) is -23.4. The van der Waals surface area contributed by atoms with E-state index in [1.54, 1.807) is 126 Å². The third-order valence-corrected chi connectivity index (χ3v) is 25.0. The van der Waals surface area contributed by atoms with Crippen molar-refractivity contribution in [3.8, 4) is 5.75 Å². The molecule has 37 nitrogen and oxygen atoms in total. The van der Waals surface area contributed by atoms with Crippen molar-refractivity contribution in [1.29, 1.82) is 0 Å². The van der Waals surface area contributed by atoms with Crippen molar-refractivity contribution < 1.29 is 115 Å². The third-order valence-electron chi connectivity index (χ3n) is 23.0. The highest BCUT2D eigenvalue weighted by Gasteiger charge is 2.47. The fourth-order valence-corrected chi connectivity index (χ4v) is 17.6. The number of phenols is 1. The van der Waals surface area contributed by atoms with Crippen molar-refractivity contribution in [1.82, 2.24) is 72.0 Å². The Balaban J connectivity index is 1.03. The summed E-state index contributed by atoms with van der Waals surface area (Å²) in [5, 5.41) is 62.1. The van der Waals surface area contributed by atoms with E-state index in [4.69, 9.17) is 11.5 Å². The van der Waals surface area contributed by atoms with Crippen LogP contribution < -0.4 is 54.0 Å². The van der Waals surface area contributed by atoms with Gasteiger partial charge in [-0.2, -0.15) is 0 Å². The van der Waals surface area contributed by atoms with Gasteiger partial charge >= 0.3 is 11.9 Å². The maximum atomic E-state index is 15.4. The van der Waals surface area contributed by atoms with Crippen LogP contribution in [0.3, 0.4) is 0 Å². The van der Waals surface area contributed by atoms with E-state index in [0.29, 0.717) is 69.9 Å². The first kappa shape index (κ1) is 107. The Bertz CT molecular complexity index is 5160. The number of unbranched alkanes of at least 4 members (excludes halogenated alkanes) is 1. The Hall–Kier alpha value is -12.8. The number of rotatable bonds is 51. The molecule has 8 rings (SSSR count). The number of hydrogen-bond donors (Lipinski definition) is 15. The van der Waals surface area contributed by atoms with Crippen molar-refractivity contribution in [2.45, 2.75) is 196 Å². The number of likely N-dealkylation sites (N-methyl/N-ethyl adjacent to an activating group) is 3. The second-order valence-corrected chi connectivity index (χ2v) is 36.0. The van der Waals surface area contributed by atoms with E-state index in [1.807, 2.05) is 0 Å². The Morgan fingerprint density at radius 2 is 1.14 bits per heavy atom. The molecule has 3 heterocycles. The average molecular weight is 1900 g/mol. The van der Waals surface area contributed by atoms with Gasteiger partial charge in [-0.05, 0) is 89.2 Å². The number of aromatic hydroxyl groups is 1. The Morgan fingerprint density at radius 1 is 0.590 bits per heavy atom. The number of H-pyrrole nitrogens is 1. The summed E-state index contributed by atoms with van der Waals surface area (Å²) in [6.45, 7) is 6.82. The Labute approximate surface area is 780 Å². The molecule has 1 aromatic heterocycles. The summed E-state index contributed by atoms with van der Waals surface area (Å²) >= 11 is 1.78. The minimum Gasteiger partial charge on any atom is -0.508 e. The molecule has 0 saturated carbocycles. The number of nitrogens with two attached hydrogens (primary N) is 2. The lowest BCUT2D eigenvalue weighted by Crippen LogP contribution is -2.61. The number of aromatic nitrogens is 1. The highest BCUT2D eigenvalue weighted by molar-refractivity contribution is 8.00. The molecule has 2 aliphatic rings. The number of aliphatic carboxylic acids is 2. The number of carboxylic acids is 2. The van der Waals surface area contributed by atoms with Gasteiger partial charge in [-0.25, -0.2) is 13.2 Å². The number of β-amino-alcohol motifs (C(OH)–C–C–N with tert-alkyl or cyclic N) is 1. The third kappa shape index (κ3) is 30.6. The largest absolute Gasteiger partial charge is 0.508 e. The number of thioether (sulfide) groups is 2. The normalized spacial score (nSPS) is 16.6. The van der Waals surface area contributed by atoms with Gasteiger partial charge in [0.25, 0.3) is 0 Å². The monoisotopic (exact) mass is 1900 g/mol. The number of Topliss-reactive ketones (excluding diaryl/α,β-unsaturated/α-hetero) is 1. The van der Waals surface area contributed by atoms with Crippen LogP contribution in [0.15, 0.2) is 128 Å². The van der Waals surface area contributed by atoms with Crippen LogP contribution in [0, 0.1) is 29.3 Å². The highest BCUT2D eigenvalue weighted by atomic mass is 32.2. The fraction of sp³-hybridized carbons (Fsp3) is 0.467. The molecule has 42 heteroatoms. The van der Waals surface area contributed by atoms with Gasteiger partial charge in [0.1, 0.15) is 66.4 Å². The number of aldehydes is 1. The number of para-hydroxylation sites is 1. The van der Waals surface area contributed by atoms with Gasteiger partial charge in [0.2, 0.25) is 76.8 Å². The summed E-state index contributed by atoms with van der Waals surface area (Å²) in [6, 6.07) is 11.0. The van der Waals surface area contributed by atoms with Gasteiger partial charge in [-0.3, -0.25) is 82.0 Å². The number of hydrogen-bond acceptors (Lipinski definition) is 23. The van der Waals surface area contributed by atoms with Gasteiger partial charge < -0.3 is 103 Å². The van der Waals surface area contributed by atoms with Crippen molar-refractivity contribution in [3.05, 3.63) is 173 Å². The minimum absolute atomic E-state index is 0.0336. The second-order valence-electron chi connectivity index (χ2n) is 34.0. The topological polar surface area (TPSA) is 551 Å². The molecule has 0 spiro atoms. The number of nitrogens with one attached hydrogen (secondary N) is 9. The van der Waals surface area contributed by atoms with Crippen LogP contribution in [0.4, 0.5) is 13.2 Å². The highest BCUT2D eigenvalue weighted by Crippen LogP contribution is 2.29. The number of benzene rings is 5. The number of aliphatic hydroxyl groups is 1. The number of phenolic OH excluding ortho intramolecular Hbond substituents is 1. The second kappa shape index (κ2) is 50.9. The van der Waals surface area contributed by atoms with Gasteiger partial charge in [0.15, 0.2) is 23.2 Å². The Morgan fingerprint density at radius 3 is 1.74 bits per heavy atom. The molecule has 6 aromatic rings. The number of primary amides is 1. The average Bonchev–Trinajstić information content (AvgIpc) is 1.43. The number of fused-ring (bicyclic) bond motifs is 1. The maximum Gasteiger partial charge on any atom is 0.305 e. The molecule has 724 valence electrons. The van der Waals surface area contributed by atoms with Crippen molar-refractivity contribution >= 4 is 135 Å². The van der Waals surface area contributed by atoms with Crippen LogP contribution in [0.1, 0.15) is 107 Å². The van der Waals surface area contributed by atoms with Gasteiger partial charge in [0, 0.05) is 88.4 Å². The number of halogens is 3. The number of ketones is 1. The van der Waals surface area contributed by atoms with E-state index in [-0.39, 0.29) is 80.1 Å². The van der Waals surface area contributed by atoms with Crippen LogP contribution in [-0.4, -0.2) is 299 Å². The van der Waals surface area contributed by atoms with Crippen LogP contribution in [0.2, 0.25) is 0 Å². The van der Waals surface area contributed by atoms with Crippen LogP contribution in [-0.2, 0) is 114 Å². The first-order valence-electron chi connectivity index (χ1n) is 43.6. The number of aliphatic hydroxyl groups excluding tert-OH is 1. The smallest absolute Gasteiger partial charge is 0.305 e. The molecule has 14 atom stereocenters. The zero-order valence-electron chi connectivity index (χ0n) is 75.4. The quantitative estimate of drug-likeness (QED) is 0.0189. The van der Waals surface area contributed by atoms with Crippen LogP contribution in [0.25, 0.3) is 10.9 Å². The van der Waals surface area contributed by atoms with Crippen molar-refractivity contribution in [3.63, 3.8) is 0 Å². The molecule has 17 N–H and O–H groups in total. The number of carboxylic acid groups (broad SMARTS) is 2. The summed E-state index contributed by atoms with van der Waals surface area (Å²) < 4.78 is 44.8. The number of carbonyl (C=O) groups is 17. The standard InChI is InChI=1S/C92H117F3N16O21S2/c1-9-10-25-70(91(131)110-44-59(114)39-72(110)86(126)101-57(45-112)38-78(118)119)107(6)90(130)73(36-53-21-15-12-16-22-53)109(8)88(128)68(34-55-31-61(93)80(95)62(94)32-55)102-77(117)48-133-46-69(82(122)100-43-76(96)116)106-83(123)64(30-50(2)3)103-84(124)65(33-54-26-28-58(113)29-27-54)104-85(125)66(37-56-41-98-63-24-18-17-23-60(56)63)105-87(127)74-47-134-49-111(74)89(129)67(40-79(120)121)99-42-75(115)71(35-52-19-13-11-14-20-52)108(7)92(132)81(97)51(4)5/h11-24,26-29,31-32,41,45,50-51,57,59,64-74,81,98-99,113-114H,9-10,25,30,33-40,42-44,46-49,97H2,1-8H3,(H2,96,116)(H,100,122)(H,101,126)(H,102,117)(H,103,124)(H,104,125)(H,105,127)(H,106,123)(H,118,119)(H,120,121)/t57-,59+,64-,65-,66-,67-,68-,69-,70-,71-,72+,73-,74+,81-/m0/s1. The lowest BCUT2D eigenvalue weighted by molar-refractivity contribution is -0.152. The van der Waals surface area contributed by atoms with E-state index < -0.39 is 253 Å². The number of amides is 13. The van der Waals surface area contributed by atoms with Crippen LogP contribution in [0.5, 0.6) is 5.75 Å². The molecule has 5 aromatic carbocycles. The molecule has 13 amide bonds. The van der Waals surface area contributed by atoms with Crippen molar-refractivity contribution in [2.24, 2.45) is 23.3 Å². The number of nitrogens with zero attached hydrogens (tertiary/aromatic N) is 5. The molecule has 2 saturated heterocycles. The van der Waals surface area contributed by atoms with E-state index >= 15 is 32.8 Å². The molecular weight excluding hydrogens is 1790 g/mol. The summed E-state index contributed by atoms with van der Waals surface area (Å²) in [6.07, 6.45) is -2.64. The van der Waals surface area contributed by atoms with Gasteiger partial charge in [-0.1, -0.05) is 138 Å². The predicted molar refractivity (Wildman–Crippen MR) is 488 cm³/mol. The molecule has 0 unspecified atom stereocenters. The van der Waals surface area contributed by atoms with Crippen molar-refractivity contribution in [2.75, 3.05) is 63.9 Å². The minimum atomic E-state index is -1.88. The SMILES string of the molecule is CCCC[C@@H](C(=O)N1C[C@H](O)C[C@@H]1C(=O)N[C@H](C=O)CC(=O)O)N(C)C(=O)[C@H](Cc1ccccc1)N(C)C(=O)[C@H](Cc1cc(F)c(F)c(F)c1)NC(=O)CSC[C@H](NC(=O)[C@H](CC(C)C)NC(=O)[C@H](Cc1ccc(O)cc1)NC(=O)[C@H](Cc1c[nH]c2ccccc12)NC(=O)[C@H]1CSCN1C(=O)[C@H](CC(=O)O)NCC(=O)[C@H](Cc1ccccc1)N(C)C(=O)[C@@H](N)C(C)C)C(=O)NCC(N)=O. The summed E-state index contributed by atoms with van der Waals surface area (Å²) in [4.78, 5) is 248. The van der Waals surface area contributed by atoms with E-state index in [1.165, 1.54) is 50.3 Å². The molecule has 2 aliphatic heterocycles. The zero-order chi connectivity index (χ0) is 98.5. The number of aromatic amines is 1. The first-order valence-corrected chi connectivity index (χ1v) is 46.0. The zero-order valence-corrected chi connectivity index (χ0v) is 77.1. The van der Waals surface area contributed by atoms with Crippen LogP contribution >= 0.6 is 23.5 Å². The first-order chi connectivity index (χ1) is 63.6. The van der Waals surface area contributed by atoms with E-state index in [9.17, 15) is 82.4 Å². The molecule has 0 bridgehead atoms. The van der Waals surface area contributed by atoms with E-state index in [0.717, 1.165) is 31.4 Å². The fourth-order valence-electron chi connectivity index (χ4n) is 15.6. The molecule has 0 radical (unpaired) electrons. The molecule has 2 fully saturated rings. The lowest BCUT2D eigenvalue weighted by atomic mass is 9.98. The molecule has 0 aliphatic carbocycles. The number of carbonyl (C=O) groups excluding carboxylic acids is 15. The van der Waals surface area contributed by atoms with Gasteiger partial charge in [0.05, 0.1) is 67.8 Å². The number of likely N-dealkylation sites (tertiary alicyclic amines) is 1. The predicted octanol–water partition coefficient (Wildman–Crippen LogP) is 1.29. The summed E-state index contributed by atoms with van der Waals surface area (Å²) in [7, 11) is 3.85. The summed E-state index contributed by atoms with van der Waals surface area (Å²) in [5.41, 5.74) is 13.9. The van der Waals surface area contributed by atoms with E-state index in [2.05, 4.69) is 47.5 Å². The maximum absolute atomic E-state index is 15.4. The molecular formula is C92H117F3N16O21S2.